The number of rotatable bonds is 7. The van der Waals surface area contributed by atoms with E-state index in [1.165, 1.54) is 12.1 Å². The summed E-state index contributed by atoms with van der Waals surface area (Å²) in [5.74, 6) is -1.99. The van der Waals surface area contributed by atoms with Crippen molar-refractivity contribution >= 4 is 11.9 Å². The molecule has 0 fully saturated rings. The minimum Gasteiger partial charge on any atom is -0.481 e. The normalized spacial score (nSPS) is 11.9. The van der Waals surface area contributed by atoms with Crippen LogP contribution in [0, 0.1) is 11.7 Å². The number of carboxylic acids is 1. The van der Waals surface area contributed by atoms with E-state index in [2.05, 4.69) is 0 Å². The summed E-state index contributed by atoms with van der Waals surface area (Å²) in [6.07, 6.45) is 0.925. The lowest BCUT2D eigenvalue weighted by molar-refractivity contribution is -0.143. The Labute approximate surface area is 118 Å². The summed E-state index contributed by atoms with van der Waals surface area (Å²) in [4.78, 5) is 24.6. The summed E-state index contributed by atoms with van der Waals surface area (Å²) < 4.78 is 12.8. The van der Waals surface area contributed by atoms with Crippen LogP contribution in [0.2, 0.25) is 0 Å². The molecule has 0 radical (unpaired) electrons. The summed E-state index contributed by atoms with van der Waals surface area (Å²) in [5, 5.41) is 8.92. The number of benzene rings is 1. The lowest BCUT2D eigenvalue weighted by Gasteiger charge is -2.24. The van der Waals surface area contributed by atoms with Gasteiger partial charge in [-0.3, -0.25) is 9.59 Å². The third-order valence-electron chi connectivity index (χ3n) is 3.03. The maximum Gasteiger partial charge on any atom is 0.308 e. The monoisotopic (exact) mass is 281 g/mol. The van der Waals surface area contributed by atoms with Gasteiger partial charge in [0.25, 0.3) is 0 Å². The highest BCUT2D eigenvalue weighted by atomic mass is 19.1. The van der Waals surface area contributed by atoms with Gasteiger partial charge in [-0.1, -0.05) is 26.0 Å². The van der Waals surface area contributed by atoms with Crippen molar-refractivity contribution in [2.45, 2.75) is 26.7 Å². The molecular weight excluding hydrogens is 261 g/mol. The summed E-state index contributed by atoms with van der Waals surface area (Å²) in [6.45, 7) is 4.24. The van der Waals surface area contributed by atoms with E-state index >= 15 is 0 Å². The number of halogens is 1. The van der Waals surface area contributed by atoms with Crippen LogP contribution in [0.1, 0.15) is 25.8 Å². The molecule has 1 aromatic rings. The molecule has 1 unspecified atom stereocenters. The van der Waals surface area contributed by atoms with Crippen molar-refractivity contribution in [2.24, 2.45) is 5.92 Å². The largest absolute Gasteiger partial charge is 0.481 e. The van der Waals surface area contributed by atoms with Gasteiger partial charge in [0.05, 0.1) is 12.3 Å². The van der Waals surface area contributed by atoms with Crippen molar-refractivity contribution in [1.29, 1.82) is 0 Å². The Bertz CT molecular complexity index is 459. The average molecular weight is 281 g/mol. The first kappa shape index (κ1) is 16.1. The van der Waals surface area contributed by atoms with E-state index < -0.39 is 11.9 Å². The van der Waals surface area contributed by atoms with Crippen molar-refractivity contribution in [3.05, 3.63) is 35.6 Å². The molecule has 1 amide bonds. The van der Waals surface area contributed by atoms with E-state index in [-0.39, 0.29) is 24.7 Å². The minimum atomic E-state index is -0.916. The van der Waals surface area contributed by atoms with Crippen molar-refractivity contribution in [3.8, 4) is 0 Å². The minimum absolute atomic E-state index is 0.133. The molecule has 4 nitrogen and oxygen atoms in total. The van der Waals surface area contributed by atoms with Gasteiger partial charge in [-0.25, -0.2) is 4.39 Å². The first-order valence-electron chi connectivity index (χ1n) is 6.69. The Morgan fingerprint density at radius 1 is 1.30 bits per heavy atom. The molecule has 0 saturated heterocycles. The van der Waals surface area contributed by atoms with E-state index in [1.807, 2.05) is 6.92 Å². The Morgan fingerprint density at radius 3 is 2.40 bits per heavy atom. The predicted molar refractivity (Wildman–Crippen MR) is 73.8 cm³/mol. The van der Waals surface area contributed by atoms with Gasteiger partial charge in [-0.15, -0.1) is 0 Å². The van der Waals surface area contributed by atoms with Gasteiger partial charge in [0.15, 0.2) is 0 Å². The van der Waals surface area contributed by atoms with Crippen LogP contribution in [0.5, 0.6) is 0 Å². The van der Waals surface area contributed by atoms with Crippen LogP contribution >= 0.6 is 0 Å². The quantitative estimate of drug-likeness (QED) is 0.834. The molecule has 20 heavy (non-hydrogen) atoms. The second kappa shape index (κ2) is 7.62. The van der Waals surface area contributed by atoms with Crippen LogP contribution in [0.3, 0.4) is 0 Å². The van der Waals surface area contributed by atoms with Crippen molar-refractivity contribution in [1.82, 2.24) is 4.90 Å². The summed E-state index contributed by atoms with van der Waals surface area (Å²) in [7, 11) is 0. The molecular formula is C15H20FNO3. The number of carbonyl (C=O) groups excluding carboxylic acids is 1. The lowest BCUT2D eigenvalue weighted by Crippen LogP contribution is -2.38. The zero-order valence-corrected chi connectivity index (χ0v) is 11.8. The molecule has 0 spiro atoms. The molecule has 1 N–H and O–H groups in total. The van der Waals surface area contributed by atoms with Crippen molar-refractivity contribution in [2.75, 3.05) is 13.1 Å². The van der Waals surface area contributed by atoms with E-state index in [0.717, 1.165) is 12.0 Å². The van der Waals surface area contributed by atoms with Crippen LogP contribution in [0.25, 0.3) is 0 Å². The predicted octanol–water partition coefficient (Wildman–Crippen LogP) is 2.33. The first-order chi connectivity index (χ1) is 9.43. The molecule has 5 heteroatoms. The number of amides is 1. The fourth-order valence-electron chi connectivity index (χ4n) is 1.89. The highest BCUT2D eigenvalue weighted by Gasteiger charge is 2.20. The summed E-state index contributed by atoms with van der Waals surface area (Å²) in [6, 6.07) is 5.76. The molecule has 0 aliphatic carbocycles. The summed E-state index contributed by atoms with van der Waals surface area (Å²) in [5.41, 5.74) is 0.723. The molecule has 0 heterocycles. The number of carboxylic acid groups (broad SMARTS) is 1. The van der Waals surface area contributed by atoms with Crippen LogP contribution in [-0.2, 0) is 16.0 Å². The van der Waals surface area contributed by atoms with Gasteiger partial charge >= 0.3 is 5.97 Å². The zero-order valence-electron chi connectivity index (χ0n) is 11.8. The molecule has 0 bridgehead atoms. The van der Waals surface area contributed by atoms with Crippen molar-refractivity contribution in [3.63, 3.8) is 0 Å². The SMILES string of the molecule is CCCN(CC(C)C(=O)O)C(=O)Cc1ccc(F)cc1. The van der Waals surface area contributed by atoms with E-state index in [4.69, 9.17) is 5.11 Å². The van der Waals surface area contributed by atoms with Crippen LogP contribution in [0.4, 0.5) is 4.39 Å². The molecule has 0 aliphatic rings. The Kier molecular flexibility index (Phi) is 6.15. The molecule has 110 valence electrons. The number of hydrogen-bond acceptors (Lipinski definition) is 2. The van der Waals surface area contributed by atoms with E-state index in [1.54, 1.807) is 24.0 Å². The third kappa shape index (κ3) is 4.99. The molecule has 0 aliphatic heterocycles. The smallest absolute Gasteiger partial charge is 0.308 e. The van der Waals surface area contributed by atoms with Crippen LogP contribution in [0.15, 0.2) is 24.3 Å². The Morgan fingerprint density at radius 2 is 1.90 bits per heavy atom. The Balaban J connectivity index is 2.68. The standard InChI is InChI=1S/C15H20FNO3/c1-3-8-17(10-11(2)15(19)20)14(18)9-12-4-6-13(16)7-5-12/h4-7,11H,3,8-10H2,1-2H3,(H,19,20). The zero-order chi connectivity index (χ0) is 15.1. The number of hydrogen-bond donors (Lipinski definition) is 1. The highest BCUT2D eigenvalue weighted by Crippen LogP contribution is 2.08. The topological polar surface area (TPSA) is 57.6 Å². The van der Waals surface area contributed by atoms with Crippen LogP contribution in [-0.4, -0.2) is 35.0 Å². The van der Waals surface area contributed by atoms with Gasteiger partial charge in [0.2, 0.25) is 5.91 Å². The van der Waals surface area contributed by atoms with Gasteiger partial charge in [0.1, 0.15) is 5.82 Å². The first-order valence-corrected chi connectivity index (χ1v) is 6.69. The lowest BCUT2D eigenvalue weighted by atomic mass is 10.1. The van der Waals surface area contributed by atoms with Gasteiger partial charge in [-0.05, 0) is 24.1 Å². The number of nitrogens with zero attached hydrogens (tertiary/aromatic N) is 1. The van der Waals surface area contributed by atoms with Gasteiger partial charge in [-0.2, -0.15) is 0 Å². The fourth-order valence-corrected chi connectivity index (χ4v) is 1.89. The van der Waals surface area contributed by atoms with E-state index in [0.29, 0.717) is 6.54 Å². The van der Waals surface area contributed by atoms with Gasteiger partial charge in [0, 0.05) is 13.1 Å². The summed E-state index contributed by atoms with van der Waals surface area (Å²) >= 11 is 0. The molecule has 0 aromatic heterocycles. The second-order valence-corrected chi connectivity index (χ2v) is 4.88. The maximum absolute atomic E-state index is 12.8. The Hall–Kier alpha value is -1.91. The molecule has 0 saturated carbocycles. The van der Waals surface area contributed by atoms with E-state index in [9.17, 15) is 14.0 Å². The average Bonchev–Trinajstić information content (AvgIpc) is 2.40. The fraction of sp³-hybridized carbons (Fsp3) is 0.467. The number of carbonyl (C=O) groups is 2. The molecule has 1 atom stereocenters. The second-order valence-electron chi connectivity index (χ2n) is 4.88. The number of aliphatic carboxylic acids is 1. The highest BCUT2D eigenvalue weighted by molar-refractivity contribution is 5.79. The van der Waals surface area contributed by atoms with Crippen LogP contribution < -0.4 is 0 Å². The molecule has 1 rings (SSSR count). The van der Waals surface area contributed by atoms with Gasteiger partial charge < -0.3 is 10.0 Å². The molecule has 1 aromatic carbocycles. The van der Waals surface area contributed by atoms with Crippen molar-refractivity contribution < 1.29 is 19.1 Å². The third-order valence-corrected chi connectivity index (χ3v) is 3.03. The maximum atomic E-state index is 12.8.